The average Bonchev–Trinajstić information content (AvgIpc) is 2.58. The second-order valence-corrected chi connectivity index (χ2v) is 4.19. The third kappa shape index (κ3) is 1.29. The van der Waals surface area contributed by atoms with E-state index in [1.54, 1.807) is 0 Å². The number of hydrogen-bond acceptors (Lipinski definition) is 2. The molecule has 1 aromatic carbocycles. The van der Waals surface area contributed by atoms with E-state index in [-0.39, 0.29) is 0 Å². The molecular formula is C13H12O2. The number of Topliss-reactive ketones (excluding diaryl/α,β-unsaturated/α-hetero) is 1. The summed E-state index contributed by atoms with van der Waals surface area (Å²) in [5.41, 5.74) is 3.39. The van der Waals surface area contributed by atoms with Gasteiger partial charge in [0.25, 0.3) is 0 Å². The highest BCUT2D eigenvalue weighted by atomic mass is 16.3. The van der Waals surface area contributed by atoms with Crippen molar-refractivity contribution in [3.63, 3.8) is 0 Å². The van der Waals surface area contributed by atoms with Gasteiger partial charge in [-0.3, -0.25) is 4.79 Å². The lowest BCUT2D eigenvalue weighted by molar-refractivity contribution is -0.118. The van der Waals surface area contributed by atoms with Gasteiger partial charge in [-0.2, -0.15) is 0 Å². The van der Waals surface area contributed by atoms with E-state index in [4.69, 9.17) is 4.42 Å². The molecule has 0 radical (unpaired) electrons. The summed E-state index contributed by atoms with van der Waals surface area (Å²) in [5.74, 6) is 1.25. The van der Waals surface area contributed by atoms with Crippen LogP contribution in [-0.4, -0.2) is 5.78 Å². The number of rotatable bonds is 0. The maximum atomic E-state index is 11.4. The number of carbonyl (C=O) groups is 1. The molecule has 1 aromatic heterocycles. The molecule has 0 bridgehead atoms. The molecule has 0 amide bonds. The van der Waals surface area contributed by atoms with Gasteiger partial charge in [0.2, 0.25) is 0 Å². The summed E-state index contributed by atoms with van der Waals surface area (Å²) in [4.78, 5) is 11.4. The van der Waals surface area contributed by atoms with Crippen molar-refractivity contribution < 1.29 is 9.21 Å². The molecule has 3 rings (SSSR count). The first-order valence-electron chi connectivity index (χ1n) is 5.26. The summed E-state index contributed by atoms with van der Waals surface area (Å²) in [7, 11) is 0. The summed E-state index contributed by atoms with van der Waals surface area (Å²) in [6.45, 7) is 1.94. The summed E-state index contributed by atoms with van der Waals surface area (Å²) in [5, 5.41) is 1.12. The first kappa shape index (κ1) is 8.72. The lowest BCUT2D eigenvalue weighted by Gasteiger charge is -2.14. The van der Waals surface area contributed by atoms with Crippen LogP contribution in [0.4, 0.5) is 0 Å². The Labute approximate surface area is 87.9 Å². The largest absolute Gasteiger partial charge is 0.461 e. The minimum Gasteiger partial charge on any atom is -0.461 e. The highest BCUT2D eigenvalue weighted by Gasteiger charge is 2.18. The van der Waals surface area contributed by atoms with E-state index in [9.17, 15) is 4.79 Å². The van der Waals surface area contributed by atoms with Crippen LogP contribution in [0, 0.1) is 6.92 Å². The van der Waals surface area contributed by atoms with Gasteiger partial charge in [0.15, 0.2) is 0 Å². The molecule has 0 atom stereocenters. The fraction of sp³-hybridized carbons (Fsp3) is 0.308. The Bertz CT molecular complexity index is 549. The Morgan fingerprint density at radius 3 is 3.00 bits per heavy atom. The predicted octanol–water partition coefficient (Wildman–Crippen LogP) is 2.80. The molecule has 0 saturated carbocycles. The quantitative estimate of drug-likeness (QED) is 0.654. The van der Waals surface area contributed by atoms with Crippen molar-refractivity contribution in [1.82, 2.24) is 0 Å². The highest BCUT2D eigenvalue weighted by Crippen LogP contribution is 2.29. The minimum atomic E-state index is 0.342. The van der Waals surface area contributed by atoms with E-state index >= 15 is 0 Å². The molecular weight excluding hydrogens is 188 g/mol. The van der Waals surface area contributed by atoms with Crippen molar-refractivity contribution in [2.75, 3.05) is 0 Å². The molecule has 0 aliphatic heterocycles. The lowest BCUT2D eigenvalue weighted by Crippen LogP contribution is -2.13. The maximum Gasteiger partial charge on any atom is 0.137 e. The zero-order valence-corrected chi connectivity index (χ0v) is 8.67. The van der Waals surface area contributed by atoms with Crippen LogP contribution in [0.1, 0.15) is 23.3 Å². The Kier molecular flexibility index (Phi) is 1.72. The van der Waals surface area contributed by atoms with E-state index in [0.717, 1.165) is 23.2 Å². The summed E-state index contributed by atoms with van der Waals surface area (Å²) < 4.78 is 5.56. The Morgan fingerprint density at radius 1 is 1.27 bits per heavy atom. The minimum absolute atomic E-state index is 0.342. The van der Waals surface area contributed by atoms with Gasteiger partial charge in [0.1, 0.15) is 17.1 Å². The second kappa shape index (κ2) is 2.96. The fourth-order valence-corrected chi connectivity index (χ4v) is 2.34. The fourth-order valence-electron chi connectivity index (χ4n) is 2.34. The van der Waals surface area contributed by atoms with Crippen molar-refractivity contribution >= 4 is 16.8 Å². The van der Waals surface area contributed by atoms with E-state index in [0.29, 0.717) is 18.6 Å². The Morgan fingerprint density at radius 2 is 2.13 bits per heavy atom. The molecule has 0 unspecified atom stereocenters. The van der Waals surface area contributed by atoms with Crippen molar-refractivity contribution in [3.05, 3.63) is 35.1 Å². The van der Waals surface area contributed by atoms with E-state index in [1.807, 2.05) is 19.1 Å². The third-order valence-corrected chi connectivity index (χ3v) is 3.08. The normalized spacial score (nSPS) is 15.7. The van der Waals surface area contributed by atoms with Crippen LogP contribution in [0.5, 0.6) is 0 Å². The van der Waals surface area contributed by atoms with Crippen LogP contribution in [0.3, 0.4) is 0 Å². The second-order valence-electron chi connectivity index (χ2n) is 4.19. The zero-order valence-electron chi connectivity index (χ0n) is 8.67. The molecule has 2 nitrogen and oxygen atoms in total. The number of fused-ring (bicyclic) bond motifs is 3. The van der Waals surface area contributed by atoms with E-state index in [1.165, 1.54) is 11.1 Å². The van der Waals surface area contributed by atoms with Crippen LogP contribution in [-0.2, 0) is 17.6 Å². The van der Waals surface area contributed by atoms with Gasteiger partial charge in [-0.05, 0) is 36.6 Å². The first-order valence-corrected chi connectivity index (χ1v) is 5.26. The van der Waals surface area contributed by atoms with Gasteiger partial charge >= 0.3 is 0 Å². The average molecular weight is 200 g/mol. The molecule has 1 heterocycles. The molecule has 1 aliphatic rings. The van der Waals surface area contributed by atoms with Gasteiger partial charge in [-0.1, -0.05) is 6.07 Å². The topological polar surface area (TPSA) is 30.2 Å². The SMILES string of the molecule is Cc1cc2c3c(ccc2o1)CCC(=O)C3. The molecule has 0 saturated heterocycles. The summed E-state index contributed by atoms with van der Waals surface area (Å²) in [6, 6.07) is 6.14. The van der Waals surface area contributed by atoms with Gasteiger partial charge in [0.05, 0.1) is 0 Å². The molecule has 76 valence electrons. The lowest BCUT2D eigenvalue weighted by atomic mass is 9.89. The van der Waals surface area contributed by atoms with Crippen LogP contribution >= 0.6 is 0 Å². The van der Waals surface area contributed by atoms with Crippen molar-refractivity contribution in [1.29, 1.82) is 0 Å². The van der Waals surface area contributed by atoms with Crippen LogP contribution in [0.2, 0.25) is 0 Å². The number of furan rings is 1. The first-order chi connectivity index (χ1) is 7.24. The monoisotopic (exact) mass is 200 g/mol. The Balaban J connectivity index is 2.31. The van der Waals surface area contributed by atoms with Gasteiger partial charge in [-0.15, -0.1) is 0 Å². The molecule has 2 heteroatoms. The van der Waals surface area contributed by atoms with Gasteiger partial charge in [-0.25, -0.2) is 0 Å². The zero-order chi connectivity index (χ0) is 10.4. The van der Waals surface area contributed by atoms with Crippen molar-refractivity contribution in [3.8, 4) is 0 Å². The summed E-state index contributed by atoms with van der Waals surface area (Å²) in [6.07, 6.45) is 2.15. The molecule has 2 aromatic rings. The van der Waals surface area contributed by atoms with E-state index in [2.05, 4.69) is 6.07 Å². The number of hydrogen-bond donors (Lipinski definition) is 0. The van der Waals surface area contributed by atoms with Crippen LogP contribution in [0.15, 0.2) is 22.6 Å². The van der Waals surface area contributed by atoms with Crippen molar-refractivity contribution in [2.24, 2.45) is 0 Å². The number of ketones is 1. The molecule has 1 aliphatic carbocycles. The number of benzene rings is 1. The summed E-state index contributed by atoms with van der Waals surface area (Å²) >= 11 is 0. The van der Waals surface area contributed by atoms with E-state index < -0.39 is 0 Å². The number of aryl methyl sites for hydroxylation is 2. The predicted molar refractivity (Wildman–Crippen MR) is 58.0 cm³/mol. The van der Waals surface area contributed by atoms with Crippen molar-refractivity contribution in [2.45, 2.75) is 26.2 Å². The number of carbonyl (C=O) groups excluding carboxylic acids is 1. The highest BCUT2D eigenvalue weighted by molar-refractivity contribution is 5.91. The smallest absolute Gasteiger partial charge is 0.137 e. The molecule has 0 spiro atoms. The van der Waals surface area contributed by atoms with Gasteiger partial charge in [0, 0.05) is 18.2 Å². The molecule has 15 heavy (non-hydrogen) atoms. The molecule has 0 fully saturated rings. The van der Waals surface area contributed by atoms with Crippen LogP contribution in [0.25, 0.3) is 11.0 Å². The van der Waals surface area contributed by atoms with Gasteiger partial charge < -0.3 is 4.42 Å². The standard InChI is InChI=1S/C13H12O2/c1-8-6-12-11-7-10(14)4-2-9(11)3-5-13(12)15-8/h3,5-6H,2,4,7H2,1H3. The van der Waals surface area contributed by atoms with Crippen LogP contribution < -0.4 is 0 Å². The third-order valence-electron chi connectivity index (χ3n) is 3.08. The Hall–Kier alpha value is -1.57. The molecule has 0 N–H and O–H groups in total. The maximum absolute atomic E-state index is 11.4.